The predicted octanol–water partition coefficient (Wildman–Crippen LogP) is 3.89. The van der Waals surface area contributed by atoms with E-state index in [0.29, 0.717) is 21.6 Å². The molecule has 0 spiro atoms. The van der Waals surface area contributed by atoms with Gasteiger partial charge in [0.05, 0.1) is 28.4 Å². The summed E-state index contributed by atoms with van der Waals surface area (Å²) in [5.41, 5.74) is 15.4. The van der Waals surface area contributed by atoms with Crippen molar-refractivity contribution in [2.45, 2.75) is 24.0 Å². The van der Waals surface area contributed by atoms with Gasteiger partial charge >= 0.3 is 0 Å². The van der Waals surface area contributed by atoms with Gasteiger partial charge in [0.1, 0.15) is 19.7 Å². The average Bonchev–Trinajstić information content (AvgIpc) is 3.41. The van der Waals surface area contributed by atoms with Crippen molar-refractivity contribution in [1.29, 1.82) is 0 Å². The summed E-state index contributed by atoms with van der Waals surface area (Å²) in [4.78, 5) is 14.1. The first-order chi connectivity index (χ1) is 13.5. The van der Waals surface area contributed by atoms with Crippen molar-refractivity contribution >= 4 is 55.3 Å². The van der Waals surface area contributed by atoms with Gasteiger partial charge in [0.15, 0.2) is 5.95 Å². The fraction of sp³-hybridized carbons (Fsp3) is 0.278. The predicted molar refractivity (Wildman–Crippen MR) is 118 cm³/mol. The first-order valence-corrected chi connectivity index (χ1v) is 11.8. The number of nitrogens with two attached hydrogens (primary N) is 2. The molecule has 4 aromatic rings. The van der Waals surface area contributed by atoms with Gasteiger partial charge in [-0.1, -0.05) is 13.3 Å². The lowest BCUT2D eigenvalue weighted by Crippen LogP contribution is -2.01. The minimum absolute atomic E-state index is 0.413. The number of nitrogen functional groups attached to an aromatic ring is 2. The van der Waals surface area contributed by atoms with Crippen LogP contribution < -0.4 is 11.5 Å². The minimum Gasteiger partial charge on any atom is -0.396 e. The Labute approximate surface area is 172 Å². The third-order valence-electron chi connectivity index (χ3n) is 4.51. The summed E-state index contributed by atoms with van der Waals surface area (Å²) in [7, 11) is 0.715. The van der Waals surface area contributed by atoms with Gasteiger partial charge in [0, 0.05) is 35.3 Å². The van der Waals surface area contributed by atoms with Gasteiger partial charge in [0.25, 0.3) is 0 Å². The highest BCUT2D eigenvalue weighted by molar-refractivity contribution is 7.87. The minimum atomic E-state index is -1.14. The third-order valence-corrected chi connectivity index (χ3v) is 8.30. The molecule has 1 unspecified atom stereocenters. The molecule has 146 valence electrons. The molecule has 7 nitrogen and oxygen atoms in total. The van der Waals surface area contributed by atoms with Crippen LogP contribution in [0.4, 0.5) is 11.6 Å². The number of fused-ring (bicyclic) bond motifs is 1. The summed E-state index contributed by atoms with van der Waals surface area (Å²) in [6.07, 6.45) is 5.36. The first-order valence-electron chi connectivity index (χ1n) is 8.80. The summed E-state index contributed by atoms with van der Waals surface area (Å²) < 4.78 is 15.3. The Morgan fingerprint density at radius 3 is 2.75 bits per heavy atom. The summed E-state index contributed by atoms with van der Waals surface area (Å²) >= 11 is 2.91. The molecule has 0 radical (unpaired) electrons. The fourth-order valence-electron chi connectivity index (χ4n) is 2.97. The van der Waals surface area contributed by atoms with E-state index in [1.807, 2.05) is 23.1 Å². The molecule has 4 N–H and O–H groups in total. The van der Waals surface area contributed by atoms with Crippen molar-refractivity contribution in [3.8, 4) is 22.0 Å². The van der Waals surface area contributed by atoms with Crippen molar-refractivity contribution in [3.63, 3.8) is 0 Å². The first kappa shape index (κ1) is 19.0. The van der Waals surface area contributed by atoms with Crippen LogP contribution >= 0.6 is 22.7 Å². The molecule has 0 aliphatic heterocycles. The SMILES string of the molecule is CCCCS(=O)c1sc2nc(-c3nccs3)cc(-c3cnc(N)n3C)c2c1N. The maximum absolute atomic E-state index is 12.8. The summed E-state index contributed by atoms with van der Waals surface area (Å²) in [5, 5.41) is 3.53. The molecule has 0 amide bonds. The van der Waals surface area contributed by atoms with Gasteiger partial charge < -0.3 is 16.0 Å². The van der Waals surface area contributed by atoms with Crippen LogP contribution in [0.25, 0.3) is 32.2 Å². The van der Waals surface area contributed by atoms with Crippen LogP contribution in [0.1, 0.15) is 19.8 Å². The van der Waals surface area contributed by atoms with Crippen molar-refractivity contribution < 1.29 is 4.21 Å². The molecular weight excluding hydrogens is 412 g/mol. The molecule has 4 aromatic heterocycles. The molecule has 0 aliphatic rings. The second-order valence-electron chi connectivity index (χ2n) is 6.34. The van der Waals surface area contributed by atoms with E-state index >= 15 is 0 Å². The lowest BCUT2D eigenvalue weighted by Gasteiger charge is -2.08. The standard InChI is InChI=1S/C18H20N6OS3/c1-3-4-7-28(25)17-14(19)13-10(12-9-22-18(20)24(12)2)8-11(23-16(13)27-17)15-21-5-6-26-15/h5-6,8-9H,3-4,7,19H2,1-2H3,(H2,20,22). The number of rotatable bonds is 6. The monoisotopic (exact) mass is 432 g/mol. The number of anilines is 2. The second-order valence-corrected chi connectivity index (χ2v) is 10.00. The van der Waals surface area contributed by atoms with E-state index < -0.39 is 10.8 Å². The molecule has 0 fully saturated rings. The molecule has 0 aliphatic carbocycles. The molecule has 28 heavy (non-hydrogen) atoms. The molecule has 4 heterocycles. The molecule has 0 saturated heterocycles. The Hall–Kier alpha value is -2.30. The molecule has 1 atom stereocenters. The van der Waals surface area contributed by atoms with Crippen LogP contribution in [0.2, 0.25) is 0 Å². The molecule has 4 rings (SSSR count). The molecule has 0 bridgehead atoms. The van der Waals surface area contributed by atoms with Crippen molar-refractivity contribution in [3.05, 3.63) is 23.8 Å². The zero-order chi connectivity index (χ0) is 19.8. The van der Waals surface area contributed by atoms with E-state index in [4.69, 9.17) is 16.5 Å². The van der Waals surface area contributed by atoms with E-state index in [1.54, 1.807) is 12.4 Å². The number of hydrogen-bond acceptors (Lipinski definition) is 8. The zero-order valence-electron chi connectivity index (χ0n) is 15.5. The topological polar surface area (TPSA) is 113 Å². The Bertz CT molecular complexity index is 1160. The number of hydrogen-bond donors (Lipinski definition) is 2. The van der Waals surface area contributed by atoms with Crippen LogP contribution in [0.3, 0.4) is 0 Å². The fourth-order valence-corrected chi connectivity index (χ4v) is 6.37. The van der Waals surface area contributed by atoms with Crippen LogP contribution in [-0.4, -0.2) is 29.5 Å². The number of thiophene rings is 1. The number of pyridine rings is 1. The van der Waals surface area contributed by atoms with Crippen LogP contribution in [-0.2, 0) is 17.8 Å². The van der Waals surface area contributed by atoms with Crippen LogP contribution in [0.15, 0.2) is 28.0 Å². The van der Waals surface area contributed by atoms with E-state index in [0.717, 1.165) is 45.0 Å². The van der Waals surface area contributed by atoms with E-state index in [-0.39, 0.29) is 0 Å². The van der Waals surface area contributed by atoms with Gasteiger partial charge in [-0.25, -0.2) is 15.0 Å². The Balaban J connectivity index is 1.98. The van der Waals surface area contributed by atoms with Gasteiger partial charge in [0.2, 0.25) is 0 Å². The third kappa shape index (κ3) is 3.21. The average molecular weight is 433 g/mol. The number of imidazole rings is 1. The maximum Gasteiger partial charge on any atom is 0.200 e. The smallest absolute Gasteiger partial charge is 0.200 e. The number of thiazole rings is 1. The maximum atomic E-state index is 12.8. The van der Waals surface area contributed by atoms with Crippen molar-refractivity contribution in [1.82, 2.24) is 19.5 Å². The lowest BCUT2D eigenvalue weighted by atomic mass is 10.1. The highest BCUT2D eigenvalue weighted by Crippen LogP contribution is 2.43. The van der Waals surface area contributed by atoms with E-state index in [2.05, 4.69) is 16.9 Å². The Morgan fingerprint density at radius 1 is 1.29 bits per heavy atom. The number of nitrogens with zero attached hydrogens (tertiary/aromatic N) is 4. The van der Waals surface area contributed by atoms with E-state index in [9.17, 15) is 4.21 Å². The number of aromatic nitrogens is 4. The van der Waals surface area contributed by atoms with Crippen LogP contribution in [0, 0.1) is 0 Å². The largest absolute Gasteiger partial charge is 0.396 e. The number of unbranched alkanes of at least 4 members (excludes halogenated alkanes) is 1. The van der Waals surface area contributed by atoms with Crippen molar-refractivity contribution in [2.75, 3.05) is 17.2 Å². The quantitative estimate of drug-likeness (QED) is 0.478. The molecule has 10 heteroatoms. The molecule has 0 aromatic carbocycles. The molecular formula is C18H20N6OS3. The summed E-state index contributed by atoms with van der Waals surface area (Å²) in [6.45, 7) is 2.08. The highest BCUT2D eigenvalue weighted by Gasteiger charge is 2.22. The zero-order valence-corrected chi connectivity index (χ0v) is 18.0. The summed E-state index contributed by atoms with van der Waals surface area (Å²) in [6, 6.07) is 1.96. The summed E-state index contributed by atoms with van der Waals surface area (Å²) in [5.74, 6) is 1.01. The molecule has 0 saturated carbocycles. The van der Waals surface area contributed by atoms with Gasteiger partial charge in [-0.05, 0) is 12.5 Å². The second kappa shape index (κ2) is 7.61. The van der Waals surface area contributed by atoms with Gasteiger partial charge in [-0.3, -0.25) is 4.21 Å². The van der Waals surface area contributed by atoms with E-state index in [1.165, 1.54) is 22.7 Å². The Kier molecular flexibility index (Phi) is 5.17. The van der Waals surface area contributed by atoms with Gasteiger partial charge in [-0.15, -0.1) is 22.7 Å². The lowest BCUT2D eigenvalue weighted by molar-refractivity contribution is 0.681. The van der Waals surface area contributed by atoms with Crippen LogP contribution in [0.5, 0.6) is 0 Å². The Morgan fingerprint density at radius 2 is 2.11 bits per heavy atom. The van der Waals surface area contributed by atoms with Gasteiger partial charge in [-0.2, -0.15) is 0 Å². The normalized spacial score (nSPS) is 12.6. The van der Waals surface area contributed by atoms with Crippen molar-refractivity contribution in [2.24, 2.45) is 7.05 Å². The highest BCUT2D eigenvalue weighted by atomic mass is 32.2.